The average molecular weight is 391 g/mol. The molecule has 28 heavy (non-hydrogen) atoms. The van der Waals surface area contributed by atoms with Crippen molar-refractivity contribution < 1.29 is 24.4 Å². The fourth-order valence-electron chi connectivity index (χ4n) is 2.97. The molecule has 11 heteroatoms. The highest BCUT2D eigenvalue weighted by Gasteiger charge is 2.37. The van der Waals surface area contributed by atoms with Crippen molar-refractivity contribution in [3.05, 3.63) is 28.3 Å². The molecule has 1 unspecified atom stereocenters. The van der Waals surface area contributed by atoms with E-state index in [0.717, 1.165) is 0 Å². The molecule has 1 aliphatic rings. The quantitative estimate of drug-likeness (QED) is 0.597. The second-order valence-corrected chi connectivity index (χ2v) is 7.49. The van der Waals surface area contributed by atoms with Crippen LogP contribution in [-0.2, 0) is 9.53 Å². The standard InChI is InChI=1S/C17H21N5O6/c1-17(2,3)28-16(25)20-6-7-21(13(9-20)14(23)24)15-18-11-5-4-10(22(26)27)8-12(11)19-15/h4-5,8,13H,6-7,9H2,1-3H3,(H,18,19)(H,23,24). The van der Waals surface area contributed by atoms with Gasteiger partial charge in [-0.3, -0.25) is 10.1 Å². The number of carbonyl (C=O) groups excluding carboxylic acids is 1. The number of non-ortho nitro benzene ring substituents is 1. The number of nitro benzene ring substituents is 1. The summed E-state index contributed by atoms with van der Waals surface area (Å²) < 4.78 is 5.32. The van der Waals surface area contributed by atoms with Crippen molar-refractivity contribution in [3.63, 3.8) is 0 Å². The molecule has 1 aromatic heterocycles. The van der Waals surface area contributed by atoms with Gasteiger partial charge in [0.05, 0.1) is 22.5 Å². The minimum atomic E-state index is -1.11. The molecule has 1 amide bonds. The molecule has 0 bridgehead atoms. The average Bonchev–Trinajstić information content (AvgIpc) is 3.02. The number of benzene rings is 1. The third-order valence-electron chi connectivity index (χ3n) is 4.25. The highest BCUT2D eigenvalue weighted by atomic mass is 16.6. The first-order valence-electron chi connectivity index (χ1n) is 8.67. The van der Waals surface area contributed by atoms with Gasteiger partial charge in [-0.2, -0.15) is 0 Å². The van der Waals surface area contributed by atoms with Crippen LogP contribution in [0, 0.1) is 10.1 Å². The smallest absolute Gasteiger partial charge is 0.410 e. The third-order valence-corrected chi connectivity index (χ3v) is 4.25. The molecule has 0 saturated carbocycles. The number of hydrogen-bond acceptors (Lipinski definition) is 7. The van der Waals surface area contributed by atoms with E-state index in [1.54, 1.807) is 20.8 Å². The van der Waals surface area contributed by atoms with Crippen LogP contribution in [0.4, 0.5) is 16.4 Å². The zero-order valence-corrected chi connectivity index (χ0v) is 15.7. The van der Waals surface area contributed by atoms with Gasteiger partial charge in [-0.25, -0.2) is 14.6 Å². The van der Waals surface area contributed by atoms with Gasteiger partial charge in [0.2, 0.25) is 5.95 Å². The predicted octanol–water partition coefficient (Wildman–Crippen LogP) is 1.98. The Kier molecular flexibility index (Phi) is 4.84. The first-order valence-corrected chi connectivity index (χ1v) is 8.67. The number of aromatic nitrogens is 2. The maximum Gasteiger partial charge on any atom is 0.410 e. The van der Waals surface area contributed by atoms with Crippen LogP contribution in [0.3, 0.4) is 0 Å². The van der Waals surface area contributed by atoms with E-state index in [1.807, 2.05) is 0 Å². The van der Waals surface area contributed by atoms with Gasteiger partial charge in [-0.1, -0.05) is 0 Å². The van der Waals surface area contributed by atoms with Crippen LogP contribution in [0.25, 0.3) is 11.0 Å². The summed E-state index contributed by atoms with van der Waals surface area (Å²) >= 11 is 0. The Hall–Kier alpha value is -3.37. The number of carbonyl (C=O) groups is 2. The summed E-state index contributed by atoms with van der Waals surface area (Å²) in [5.41, 5.74) is 0.148. The molecular formula is C17H21N5O6. The lowest BCUT2D eigenvalue weighted by Gasteiger charge is -2.39. The number of ether oxygens (including phenoxy) is 1. The van der Waals surface area contributed by atoms with Gasteiger partial charge in [-0.05, 0) is 26.8 Å². The van der Waals surface area contributed by atoms with Crippen molar-refractivity contribution in [1.29, 1.82) is 0 Å². The van der Waals surface area contributed by atoms with Crippen LogP contribution < -0.4 is 4.90 Å². The molecule has 1 aliphatic heterocycles. The van der Waals surface area contributed by atoms with Crippen LogP contribution in [0.2, 0.25) is 0 Å². The first-order chi connectivity index (χ1) is 13.0. The topological polar surface area (TPSA) is 142 Å². The molecule has 150 valence electrons. The van der Waals surface area contributed by atoms with Crippen molar-refractivity contribution in [2.24, 2.45) is 0 Å². The molecule has 0 radical (unpaired) electrons. The van der Waals surface area contributed by atoms with Crippen LogP contribution >= 0.6 is 0 Å². The fourth-order valence-corrected chi connectivity index (χ4v) is 2.97. The number of carboxylic acid groups (broad SMARTS) is 1. The summed E-state index contributed by atoms with van der Waals surface area (Å²) in [5, 5.41) is 20.6. The SMILES string of the molecule is CC(C)(C)OC(=O)N1CCN(c2nc3ccc([N+](=O)[O-])cc3[nH]2)C(C(=O)O)C1. The number of H-pyrrole nitrogens is 1. The van der Waals surface area contributed by atoms with Gasteiger partial charge in [0, 0.05) is 25.2 Å². The third kappa shape index (κ3) is 3.97. The first kappa shape index (κ1) is 19.4. The Bertz CT molecular complexity index is 934. The van der Waals surface area contributed by atoms with E-state index in [-0.39, 0.29) is 31.3 Å². The number of anilines is 1. The van der Waals surface area contributed by atoms with Crippen LogP contribution in [0.1, 0.15) is 20.8 Å². The summed E-state index contributed by atoms with van der Waals surface area (Å²) in [6.45, 7) is 5.63. The van der Waals surface area contributed by atoms with Crippen molar-refractivity contribution in [1.82, 2.24) is 14.9 Å². The van der Waals surface area contributed by atoms with Gasteiger partial charge in [0.15, 0.2) is 0 Å². The van der Waals surface area contributed by atoms with E-state index in [2.05, 4.69) is 9.97 Å². The number of hydrogen-bond donors (Lipinski definition) is 2. The van der Waals surface area contributed by atoms with Crippen molar-refractivity contribution in [3.8, 4) is 0 Å². The summed E-state index contributed by atoms with van der Waals surface area (Å²) in [6, 6.07) is 3.15. The van der Waals surface area contributed by atoms with E-state index >= 15 is 0 Å². The maximum atomic E-state index is 12.3. The Morgan fingerprint density at radius 3 is 2.68 bits per heavy atom. The molecule has 0 spiro atoms. The van der Waals surface area contributed by atoms with Crippen molar-refractivity contribution in [2.45, 2.75) is 32.4 Å². The van der Waals surface area contributed by atoms with Crippen LogP contribution in [-0.4, -0.2) is 68.2 Å². The summed E-state index contributed by atoms with van der Waals surface area (Å²) in [7, 11) is 0. The summed E-state index contributed by atoms with van der Waals surface area (Å²) in [5.74, 6) is -0.827. The number of aliphatic carboxylic acids is 1. The molecule has 0 aliphatic carbocycles. The van der Waals surface area contributed by atoms with Crippen molar-refractivity contribution >= 4 is 34.7 Å². The number of piperazine rings is 1. The number of nitrogens with zero attached hydrogens (tertiary/aromatic N) is 4. The highest BCUT2D eigenvalue weighted by molar-refractivity contribution is 5.83. The Labute approximate surface area is 160 Å². The number of amides is 1. The zero-order chi connectivity index (χ0) is 20.6. The van der Waals surface area contributed by atoms with Gasteiger partial charge < -0.3 is 24.6 Å². The van der Waals surface area contributed by atoms with Crippen LogP contribution in [0.15, 0.2) is 18.2 Å². The number of nitro groups is 1. The van der Waals surface area contributed by atoms with E-state index in [4.69, 9.17) is 4.74 Å². The maximum absolute atomic E-state index is 12.3. The van der Waals surface area contributed by atoms with Gasteiger partial charge in [0.1, 0.15) is 11.6 Å². The molecule has 2 aromatic rings. The Morgan fingerprint density at radius 2 is 2.07 bits per heavy atom. The van der Waals surface area contributed by atoms with Crippen LogP contribution in [0.5, 0.6) is 0 Å². The fraction of sp³-hybridized carbons (Fsp3) is 0.471. The highest BCUT2D eigenvalue weighted by Crippen LogP contribution is 2.25. The molecule has 2 N–H and O–H groups in total. The number of imidazole rings is 1. The lowest BCUT2D eigenvalue weighted by atomic mass is 10.1. The van der Waals surface area contributed by atoms with E-state index in [1.165, 1.54) is 28.0 Å². The zero-order valence-electron chi connectivity index (χ0n) is 15.7. The molecule has 1 atom stereocenters. The number of aromatic amines is 1. The number of nitrogens with one attached hydrogen (secondary N) is 1. The molecular weight excluding hydrogens is 370 g/mol. The molecule has 3 rings (SSSR count). The lowest BCUT2D eigenvalue weighted by Crippen LogP contribution is -2.58. The number of carboxylic acids is 1. The summed E-state index contributed by atoms with van der Waals surface area (Å²) in [6.07, 6.45) is -0.571. The Balaban J connectivity index is 1.84. The largest absolute Gasteiger partial charge is 0.480 e. The number of fused-ring (bicyclic) bond motifs is 1. The molecule has 11 nitrogen and oxygen atoms in total. The minimum absolute atomic E-state index is 0.0680. The lowest BCUT2D eigenvalue weighted by molar-refractivity contribution is -0.384. The minimum Gasteiger partial charge on any atom is -0.480 e. The van der Waals surface area contributed by atoms with E-state index in [0.29, 0.717) is 11.0 Å². The summed E-state index contributed by atoms with van der Waals surface area (Å²) in [4.78, 5) is 44.7. The second kappa shape index (κ2) is 6.98. The van der Waals surface area contributed by atoms with Gasteiger partial charge in [-0.15, -0.1) is 0 Å². The van der Waals surface area contributed by atoms with E-state index in [9.17, 15) is 24.8 Å². The van der Waals surface area contributed by atoms with Crippen molar-refractivity contribution in [2.75, 3.05) is 24.5 Å². The number of rotatable bonds is 3. The normalized spacial score (nSPS) is 17.6. The second-order valence-electron chi connectivity index (χ2n) is 7.49. The Morgan fingerprint density at radius 1 is 1.36 bits per heavy atom. The van der Waals surface area contributed by atoms with E-state index < -0.39 is 28.6 Å². The molecule has 1 aromatic carbocycles. The van der Waals surface area contributed by atoms with Gasteiger partial charge in [0.25, 0.3) is 5.69 Å². The molecule has 2 heterocycles. The molecule has 1 fully saturated rings. The predicted molar refractivity (Wildman–Crippen MR) is 99.3 cm³/mol. The monoisotopic (exact) mass is 391 g/mol. The van der Waals surface area contributed by atoms with Gasteiger partial charge >= 0.3 is 12.1 Å². The molecule has 1 saturated heterocycles.